The summed E-state index contributed by atoms with van der Waals surface area (Å²) in [6.07, 6.45) is 10.6. The van der Waals surface area contributed by atoms with Crippen LogP contribution in [0.15, 0.2) is 47.7 Å². The lowest BCUT2D eigenvalue weighted by Crippen LogP contribution is -2.69. The number of nitrogens with zero attached hydrogens (tertiary/aromatic N) is 2. The maximum atomic E-state index is 13.2. The number of aromatic hydroxyl groups is 1. The van der Waals surface area contributed by atoms with Crippen LogP contribution in [0, 0.1) is 17.8 Å². The van der Waals surface area contributed by atoms with Crippen molar-refractivity contribution in [1.29, 1.82) is 0 Å². The van der Waals surface area contributed by atoms with E-state index in [-0.39, 0.29) is 49.7 Å². The Morgan fingerprint density at radius 3 is 2.65 bits per heavy atom. The Morgan fingerprint density at radius 2 is 1.96 bits per heavy atom. The number of hydrogen-bond donors (Lipinski definition) is 3. The van der Waals surface area contributed by atoms with Gasteiger partial charge in [-0.15, -0.1) is 6.58 Å². The van der Waals surface area contributed by atoms with Gasteiger partial charge in [-0.3, -0.25) is 0 Å². The average Bonchev–Trinajstić information content (AvgIpc) is 3.07. The minimum atomic E-state index is -1.34. The molecule has 0 bridgehead atoms. The highest BCUT2D eigenvalue weighted by Crippen LogP contribution is 2.61. The summed E-state index contributed by atoms with van der Waals surface area (Å²) < 4.78 is 24.7. The number of fused-ring (bicyclic) bond motifs is 2. The standard InChI is InChI=1S/C35H50N2O9/c1-4-18-44-35-30(37(2)34(41)42-3)22-28(36-46-31-13-7-10-19-43-31)26-20-23(11-5-8-16-38)25(12-6-9-17-39)32(33(26)35)27-21-24(40)14-15-29(27)45-35/h4,14-15,20-21,23,25,30-33,38-40H,1,5-13,16-19,22H2,2-3H3/t23-,25+,30-,31?,32+,33+,35+/m0/s1. The molecule has 2 fully saturated rings. The van der Waals surface area contributed by atoms with Crippen LogP contribution >= 0.6 is 0 Å². The Morgan fingerprint density at radius 1 is 1.17 bits per heavy atom. The van der Waals surface area contributed by atoms with Gasteiger partial charge in [-0.25, -0.2) is 4.79 Å². The fourth-order valence-electron chi connectivity index (χ4n) is 7.93. The van der Waals surface area contributed by atoms with E-state index in [4.69, 9.17) is 28.9 Å². The van der Waals surface area contributed by atoms with Gasteiger partial charge in [0.2, 0.25) is 12.1 Å². The number of carbonyl (C=O) groups excluding carboxylic acids is 1. The number of phenolic OH excluding ortho intramolecular Hbond substituents is 1. The number of likely N-dealkylation sites (N-methyl/N-ethyl adjacent to an activating group) is 1. The Balaban J connectivity index is 1.72. The third-order valence-corrected chi connectivity index (χ3v) is 10.0. The number of amides is 1. The van der Waals surface area contributed by atoms with Crippen molar-refractivity contribution in [2.45, 2.75) is 88.2 Å². The molecular weight excluding hydrogens is 592 g/mol. The normalized spacial score (nSPS) is 30.8. The van der Waals surface area contributed by atoms with Crippen LogP contribution in [0.3, 0.4) is 0 Å². The summed E-state index contributed by atoms with van der Waals surface area (Å²) >= 11 is 0. The molecule has 11 nitrogen and oxygen atoms in total. The number of oxime groups is 1. The zero-order valence-corrected chi connectivity index (χ0v) is 27.1. The van der Waals surface area contributed by atoms with Gasteiger partial charge in [-0.2, -0.15) is 0 Å². The van der Waals surface area contributed by atoms with Crippen LogP contribution in [0.25, 0.3) is 0 Å². The molecule has 0 spiro atoms. The van der Waals surface area contributed by atoms with Crippen molar-refractivity contribution in [3.05, 3.63) is 48.1 Å². The summed E-state index contributed by atoms with van der Waals surface area (Å²) in [5.74, 6) is -1.06. The molecule has 7 atom stereocenters. The number of allylic oxidation sites excluding steroid dienone is 1. The van der Waals surface area contributed by atoms with Gasteiger partial charge in [0.15, 0.2) is 0 Å². The lowest BCUT2D eigenvalue weighted by Gasteiger charge is -2.59. The molecule has 5 rings (SSSR count). The van der Waals surface area contributed by atoms with E-state index < -0.39 is 30.1 Å². The fourth-order valence-corrected chi connectivity index (χ4v) is 7.93. The van der Waals surface area contributed by atoms with Gasteiger partial charge in [0.25, 0.3) is 0 Å². The lowest BCUT2D eigenvalue weighted by molar-refractivity contribution is -0.253. The molecule has 254 valence electrons. The molecule has 0 aromatic heterocycles. The zero-order valence-electron chi connectivity index (χ0n) is 27.1. The number of hydrogen-bond acceptors (Lipinski definition) is 10. The van der Waals surface area contributed by atoms with E-state index >= 15 is 0 Å². The Labute approximate surface area is 271 Å². The Kier molecular flexibility index (Phi) is 11.6. The predicted octanol–water partition coefficient (Wildman–Crippen LogP) is 5.25. The van der Waals surface area contributed by atoms with Crippen molar-refractivity contribution in [2.75, 3.05) is 40.6 Å². The number of unbranched alkanes of at least 4 members (excludes halogenated alkanes) is 2. The minimum absolute atomic E-state index is 0.0844. The maximum Gasteiger partial charge on any atom is 0.409 e. The van der Waals surface area contributed by atoms with E-state index in [1.165, 1.54) is 12.0 Å². The highest BCUT2D eigenvalue weighted by atomic mass is 16.8. The largest absolute Gasteiger partial charge is 0.508 e. The van der Waals surface area contributed by atoms with Crippen LogP contribution in [0.4, 0.5) is 4.79 Å². The van der Waals surface area contributed by atoms with Gasteiger partial charge in [0, 0.05) is 44.6 Å². The fraction of sp³-hybridized carbons (Fsp3) is 0.657. The molecule has 11 heteroatoms. The number of rotatable bonds is 14. The van der Waals surface area contributed by atoms with E-state index in [1.54, 1.807) is 31.3 Å². The first kappa shape index (κ1) is 34.2. The molecule has 1 aromatic rings. The summed E-state index contributed by atoms with van der Waals surface area (Å²) in [6.45, 7) is 4.92. The van der Waals surface area contributed by atoms with Gasteiger partial charge in [0.05, 0.1) is 32.0 Å². The summed E-state index contributed by atoms with van der Waals surface area (Å²) in [4.78, 5) is 20.7. The molecular formula is C35H50N2O9. The van der Waals surface area contributed by atoms with Gasteiger partial charge in [0.1, 0.15) is 17.5 Å². The van der Waals surface area contributed by atoms with Gasteiger partial charge >= 0.3 is 6.09 Å². The van der Waals surface area contributed by atoms with Crippen molar-refractivity contribution in [3.8, 4) is 11.5 Å². The second-order valence-electron chi connectivity index (χ2n) is 12.8. The quantitative estimate of drug-likeness (QED) is 0.141. The first-order valence-corrected chi connectivity index (χ1v) is 16.7. The number of methoxy groups -OCH3 is 1. The first-order chi connectivity index (χ1) is 22.4. The van der Waals surface area contributed by atoms with Crippen LogP contribution in [0.5, 0.6) is 11.5 Å². The molecule has 2 aliphatic heterocycles. The van der Waals surface area contributed by atoms with E-state index in [2.05, 4.69) is 12.7 Å². The molecule has 1 saturated heterocycles. The lowest BCUT2D eigenvalue weighted by atomic mass is 9.55. The van der Waals surface area contributed by atoms with Gasteiger partial charge in [-0.1, -0.05) is 30.1 Å². The Bertz CT molecular complexity index is 1260. The van der Waals surface area contributed by atoms with E-state index in [0.29, 0.717) is 30.9 Å². The molecule has 2 heterocycles. The van der Waals surface area contributed by atoms with Crippen LogP contribution in [-0.4, -0.2) is 90.7 Å². The van der Waals surface area contributed by atoms with Crippen LogP contribution in [0.2, 0.25) is 0 Å². The van der Waals surface area contributed by atoms with Gasteiger partial charge in [-0.05, 0) is 74.1 Å². The molecule has 1 aromatic carbocycles. The predicted molar refractivity (Wildman–Crippen MR) is 171 cm³/mol. The number of carbonyl (C=O) groups is 1. The topological polar surface area (TPSA) is 140 Å². The van der Waals surface area contributed by atoms with Crippen LogP contribution < -0.4 is 4.74 Å². The van der Waals surface area contributed by atoms with Crippen molar-refractivity contribution < 1.29 is 43.9 Å². The van der Waals surface area contributed by atoms with Crippen LogP contribution in [0.1, 0.15) is 75.7 Å². The van der Waals surface area contributed by atoms with E-state index in [9.17, 15) is 20.1 Å². The number of aliphatic hydroxyl groups excluding tert-OH is 2. The second kappa shape index (κ2) is 15.6. The monoisotopic (exact) mass is 642 g/mol. The molecule has 0 radical (unpaired) electrons. The van der Waals surface area contributed by atoms with Crippen LogP contribution in [-0.2, 0) is 19.0 Å². The number of benzene rings is 1. The number of phenols is 1. The van der Waals surface area contributed by atoms with E-state index in [0.717, 1.165) is 56.1 Å². The average molecular weight is 643 g/mol. The SMILES string of the molecule is C=CCO[C@@]12Oc3ccc(O)cc3[C@H]3[C@H](CCCCO)[C@@H](CCCCO)C=C(C(=NOC4CCCCO4)C[C@@H]1N(C)C(=O)OC)[C@H]32. The number of ether oxygens (including phenoxy) is 4. The first-order valence-electron chi connectivity index (χ1n) is 16.7. The number of aliphatic hydroxyl groups is 2. The molecule has 1 unspecified atom stereocenters. The summed E-state index contributed by atoms with van der Waals surface area (Å²) in [6, 6.07) is 4.49. The Hall–Kier alpha value is -3.12. The molecule has 4 aliphatic rings. The van der Waals surface area contributed by atoms with Crippen molar-refractivity contribution in [2.24, 2.45) is 22.9 Å². The summed E-state index contributed by atoms with van der Waals surface area (Å²) in [5, 5.41) is 34.8. The summed E-state index contributed by atoms with van der Waals surface area (Å²) in [5.41, 5.74) is 2.49. The maximum absolute atomic E-state index is 13.2. The third kappa shape index (κ3) is 6.93. The van der Waals surface area contributed by atoms with Crippen molar-refractivity contribution in [1.82, 2.24) is 4.90 Å². The highest BCUT2D eigenvalue weighted by molar-refractivity contribution is 6.02. The molecule has 2 aliphatic carbocycles. The third-order valence-electron chi connectivity index (χ3n) is 10.0. The zero-order chi connectivity index (χ0) is 32.7. The second-order valence-corrected chi connectivity index (χ2v) is 12.8. The van der Waals surface area contributed by atoms with Crippen molar-refractivity contribution in [3.63, 3.8) is 0 Å². The smallest absolute Gasteiger partial charge is 0.409 e. The molecule has 46 heavy (non-hydrogen) atoms. The highest BCUT2D eigenvalue weighted by Gasteiger charge is 2.65. The molecule has 3 N–H and O–H groups in total. The van der Waals surface area contributed by atoms with Gasteiger partial charge < -0.3 is 44.0 Å². The minimum Gasteiger partial charge on any atom is -0.508 e. The van der Waals surface area contributed by atoms with E-state index in [1.807, 2.05) is 0 Å². The van der Waals surface area contributed by atoms with Crippen molar-refractivity contribution >= 4 is 11.8 Å². The summed E-state index contributed by atoms with van der Waals surface area (Å²) in [7, 11) is 3.02. The molecule has 1 saturated carbocycles. The molecule has 1 amide bonds.